The summed E-state index contributed by atoms with van der Waals surface area (Å²) in [6.45, 7) is 1.68. The number of rotatable bonds is 2. The Kier molecular flexibility index (Phi) is 2.25. The monoisotopic (exact) mass is 204 g/mol. The minimum Gasteiger partial charge on any atom is -0.453 e. The van der Waals surface area contributed by atoms with Crippen LogP contribution in [0.5, 0.6) is 0 Å². The molecule has 0 unspecified atom stereocenters. The Labute approximate surface area is 85.1 Å². The lowest BCUT2D eigenvalue weighted by molar-refractivity contribution is 0.110. The predicted molar refractivity (Wildman–Crippen MR) is 52.8 cm³/mol. The minimum absolute atomic E-state index is 0.232. The van der Waals surface area contributed by atoms with Gasteiger partial charge in [0.25, 0.3) is 0 Å². The van der Waals surface area contributed by atoms with Crippen molar-refractivity contribution in [1.29, 1.82) is 0 Å². The van der Waals surface area contributed by atoms with Gasteiger partial charge in [-0.15, -0.1) is 0 Å². The van der Waals surface area contributed by atoms with Crippen molar-refractivity contribution >= 4 is 6.29 Å². The van der Waals surface area contributed by atoms with Gasteiger partial charge in [-0.2, -0.15) is 0 Å². The number of carbonyl (C=O) groups excluding carboxylic acids is 1. The van der Waals surface area contributed by atoms with Crippen molar-refractivity contribution < 1.29 is 13.6 Å². The number of aryl methyl sites for hydroxylation is 1. The SMILES string of the molecule is Cc1cc(-c2ccc(C=O)o2)cc(=O)o1. The van der Waals surface area contributed by atoms with Gasteiger partial charge < -0.3 is 8.83 Å². The predicted octanol–water partition coefficient (Wildman–Crippen LogP) is 2.02. The number of hydrogen-bond acceptors (Lipinski definition) is 4. The molecular weight excluding hydrogens is 196 g/mol. The van der Waals surface area contributed by atoms with Gasteiger partial charge in [0.15, 0.2) is 12.0 Å². The minimum atomic E-state index is -0.436. The average molecular weight is 204 g/mol. The van der Waals surface area contributed by atoms with E-state index in [0.29, 0.717) is 23.4 Å². The lowest BCUT2D eigenvalue weighted by atomic mass is 10.2. The maximum atomic E-state index is 11.1. The standard InChI is InChI=1S/C11H8O4/c1-7-4-8(5-11(13)14-7)10-3-2-9(6-12)15-10/h2-6H,1H3. The van der Waals surface area contributed by atoms with Gasteiger partial charge in [0.05, 0.1) is 0 Å². The van der Waals surface area contributed by atoms with Gasteiger partial charge in [0, 0.05) is 11.6 Å². The van der Waals surface area contributed by atoms with E-state index in [1.54, 1.807) is 25.1 Å². The molecule has 0 saturated heterocycles. The highest BCUT2D eigenvalue weighted by molar-refractivity contribution is 5.72. The Hall–Kier alpha value is -2.10. The van der Waals surface area contributed by atoms with Crippen LogP contribution in [0.3, 0.4) is 0 Å². The van der Waals surface area contributed by atoms with E-state index in [2.05, 4.69) is 0 Å². The van der Waals surface area contributed by atoms with Crippen LogP contribution in [-0.2, 0) is 0 Å². The summed E-state index contributed by atoms with van der Waals surface area (Å²) in [5.74, 6) is 1.21. The molecule has 4 nitrogen and oxygen atoms in total. The van der Waals surface area contributed by atoms with Crippen LogP contribution < -0.4 is 5.63 Å². The van der Waals surface area contributed by atoms with Gasteiger partial charge >= 0.3 is 5.63 Å². The zero-order chi connectivity index (χ0) is 10.8. The van der Waals surface area contributed by atoms with Crippen molar-refractivity contribution in [3.05, 3.63) is 46.2 Å². The lowest BCUT2D eigenvalue weighted by Gasteiger charge is -1.96. The molecule has 2 aromatic heterocycles. The fourth-order valence-corrected chi connectivity index (χ4v) is 1.32. The van der Waals surface area contributed by atoms with E-state index in [4.69, 9.17) is 8.83 Å². The molecule has 0 fully saturated rings. The Morgan fingerprint density at radius 1 is 1.20 bits per heavy atom. The first-order chi connectivity index (χ1) is 7.19. The molecule has 2 rings (SSSR count). The smallest absolute Gasteiger partial charge is 0.336 e. The molecule has 0 N–H and O–H groups in total. The van der Waals surface area contributed by atoms with E-state index in [1.165, 1.54) is 6.07 Å². The van der Waals surface area contributed by atoms with E-state index < -0.39 is 5.63 Å². The summed E-state index contributed by atoms with van der Waals surface area (Å²) in [4.78, 5) is 21.5. The molecule has 4 heteroatoms. The molecule has 0 radical (unpaired) electrons. The molecule has 0 aliphatic heterocycles. The highest BCUT2D eigenvalue weighted by Crippen LogP contribution is 2.20. The normalized spacial score (nSPS) is 10.2. The van der Waals surface area contributed by atoms with Gasteiger partial charge in [-0.25, -0.2) is 4.79 Å². The Morgan fingerprint density at radius 3 is 2.60 bits per heavy atom. The molecule has 0 aliphatic carbocycles. The fraction of sp³-hybridized carbons (Fsp3) is 0.0909. The van der Waals surface area contributed by atoms with Gasteiger partial charge in [0.1, 0.15) is 11.5 Å². The molecule has 0 aromatic carbocycles. The van der Waals surface area contributed by atoms with E-state index in [-0.39, 0.29) is 5.76 Å². The largest absolute Gasteiger partial charge is 0.453 e. The van der Waals surface area contributed by atoms with Crippen LogP contribution in [0.2, 0.25) is 0 Å². The van der Waals surface area contributed by atoms with E-state index in [9.17, 15) is 9.59 Å². The van der Waals surface area contributed by atoms with Crippen molar-refractivity contribution in [2.24, 2.45) is 0 Å². The molecule has 2 heterocycles. The first-order valence-electron chi connectivity index (χ1n) is 4.36. The quantitative estimate of drug-likeness (QED) is 0.702. The molecule has 0 atom stereocenters. The van der Waals surface area contributed by atoms with Gasteiger partial charge in [-0.1, -0.05) is 0 Å². The fourth-order valence-electron chi connectivity index (χ4n) is 1.32. The van der Waals surface area contributed by atoms with Crippen LogP contribution in [-0.4, -0.2) is 6.29 Å². The molecular formula is C11H8O4. The average Bonchev–Trinajstić information content (AvgIpc) is 2.64. The van der Waals surface area contributed by atoms with Crippen LogP contribution in [0, 0.1) is 6.92 Å². The van der Waals surface area contributed by atoms with Crippen LogP contribution >= 0.6 is 0 Å². The number of carbonyl (C=O) groups is 1. The summed E-state index contributed by atoms with van der Waals surface area (Å²) in [7, 11) is 0. The van der Waals surface area contributed by atoms with Gasteiger partial charge in [0.2, 0.25) is 0 Å². The van der Waals surface area contributed by atoms with Gasteiger partial charge in [-0.3, -0.25) is 4.79 Å². The number of aldehydes is 1. The molecule has 0 bridgehead atoms. The van der Waals surface area contributed by atoms with Crippen LogP contribution in [0.4, 0.5) is 0 Å². The molecule has 2 aromatic rings. The van der Waals surface area contributed by atoms with E-state index >= 15 is 0 Å². The van der Waals surface area contributed by atoms with Crippen LogP contribution in [0.25, 0.3) is 11.3 Å². The Balaban J connectivity index is 2.53. The third-order valence-electron chi connectivity index (χ3n) is 1.92. The molecule has 0 saturated carbocycles. The first-order valence-corrected chi connectivity index (χ1v) is 4.36. The highest BCUT2D eigenvalue weighted by atomic mass is 16.4. The van der Waals surface area contributed by atoms with Crippen molar-refractivity contribution in [1.82, 2.24) is 0 Å². The topological polar surface area (TPSA) is 60.4 Å². The number of hydrogen-bond donors (Lipinski definition) is 0. The second-order valence-corrected chi connectivity index (χ2v) is 3.10. The second kappa shape index (κ2) is 3.57. The molecule has 0 aliphatic rings. The van der Waals surface area contributed by atoms with E-state index in [0.717, 1.165) is 0 Å². The van der Waals surface area contributed by atoms with Gasteiger partial charge in [-0.05, 0) is 25.1 Å². The van der Waals surface area contributed by atoms with Crippen LogP contribution in [0.1, 0.15) is 16.3 Å². The highest BCUT2D eigenvalue weighted by Gasteiger charge is 2.06. The Morgan fingerprint density at radius 2 is 2.00 bits per heavy atom. The second-order valence-electron chi connectivity index (χ2n) is 3.10. The maximum absolute atomic E-state index is 11.1. The summed E-state index contributed by atoms with van der Waals surface area (Å²) in [6.07, 6.45) is 0.613. The summed E-state index contributed by atoms with van der Waals surface area (Å²) in [5.41, 5.74) is 0.172. The zero-order valence-electron chi connectivity index (χ0n) is 8.02. The number of furan rings is 1. The third-order valence-corrected chi connectivity index (χ3v) is 1.92. The maximum Gasteiger partial charge on any atom is 0.336 e. The zero-order valence-corrected chi connectivity index (χ0v) is 8.02. The Bertz CT molecular complexity index is 548. The van der Waals surface area contributed by atoms with Crippen molar-refractivity contribution in [2.75, 3.05) is 0 Å². The van der Waals surface area contributed by atoms with Crippen molar-refractivity contribution in [3.8, 4) is 11.3 Å². The molecule has 0 spiro atoms. The summed E-state index contributed by atoms with van der Waals surface area (Å²) < 4.78 is 9.99. The van der Waals surface area contributed by atoms with Crippen molar-refractivity contribution in [2.45, 2.75) is 6.92 Å². The molecule has 15 heavy (non-hydrogen) atoms. The molecule has 76 valence electrons. The first kappa shape index (κ1) is 9.45. The van der Waals surface area contributed by atoms with Crippen molar-refractivity contribution in [3.63, 3.8) is 0 Å². The van der Waals surface area contributed by atoms with Crippen LogP contribution in [0.15, 0.2) is 37.9 Å². The third kappa shape index (κ3) is 1.88. The summed E-state index contributed by atoms with van der Waals surface area (Å²) in [5, 5.41) is 0. The summed E-state index contributed by atoms with van der Waals surface area (Å²) >= 11 is 0. The summed E-state index contributed by atoms with van der Waals surface area (Å²) in [6, 6.07) is 6.18. The molecule has 0 amide bonds. The lowest BCUT2D eigenvalue weighted by Crippen LogP contribution is -1.97. The van der Waals surface area contributed by atoms with E-state index in [1.807, 2.05) is 0 Å².